The van der Waals surface area contributed by atoms with Gasteiger partial charge >= 0.3 is 5.97 Å². The molecule has 0 aliphatic carbocycles. The number of ether oxygens (including phenoxy) is 2. The molecule has 1 unspecified atom stereocenters. The van der Waals surface area contributed by atoms with Crippen LogP contribution in [-0.4, -0.2) is 24.3 Å². The van der Waals surface area contributed by atoms with E-state index in [0.29, 0.717) is 0 Å². The van der Waals surface area contributed by atoms with Gasteiger partial charge in [0.2, 0.25) is 0 Å². The van der Waals surface area contributed by atoms with Crippen LogP contribution in [0.15, 0.2) is 22.7 Å². The number of rotatable bonds is 5. The second-order valence-corrected chi connectivity index (χ2v) is 4.11. The van der Waals surface area contributed by atoms with E-state index in [4.69, 9.17) is 14.6 Å². The van der Waals surface area contributed by atoms with Gasteiger partial charge < -0.3 is 14.6 Å². The summed E-state index contributed by atoms with van der Waals surface area (Å²) < 4.78 is 11.1. The highest BCUT2D eigenvalue weighted by Gasteiger charge is 2.11. The highest BCUT2D eigenvalue weighted by atomic mass is 79.9. The molecular formula is C11H13BrO4. The van der Waals surface area contributed by atoms with Gasteiger partial charge in [-0.05, 0) is 40.5 Å². The first kappa shape index (κ1) is 13.0. The van der Waals surface area contributed by atoms with E-state index in [1.165, 1.54) is 6.92 Å². The summed E-state index contributed by atoms with van der Waals surface area (Å²) >= 11 is 3.35. The Morgan fingerprint density at radius 1 is 1.56 bits per heavy atom. The molecule has 1 aromatic rings. The monoisotopic (exact) mass is 288 g/mol. The van der Waals surface area contributed by atoms with Gasteiger partial charge in [-0.3, -0.25) is 0 Å². The fraction of sp³-hybridized carbons (Fsp3) is 0.364. The number of aliphatic carboxylic acids is 1. The summed E-state index contributed by atoms with van der Waals surface area (Å²) in [4.78, 5) is 10.5. The molecule has 0 bridgehead atoms. The maximum Gasteiger partial charge on any atom is 0.332 e. The van der Waals surface area contributed by atoms with Crippen LogP contribution in [0, 0.1) is 0 Å². The first-order valence-electron chi connectivity index (χ1n) is 4.71. The molecule has 0 heterocycles. The van der Waals surface area contributed by atoms with Crippen LogP contribution in [0.5, 0.6) is 5.75 Å². The summed E-state index contributed by atoms with van der Waals surface area (Å²) in [5, 5.41) is 8.64. The lowest BCUT2D eigenvalue weighted by Crippen LogP contribution is -2.19. The van der Waals surface area contributed by atoms with Crippen molar-refractivity contribution < 1.29 is 19.4 Å². The van der Waals surface area contributed by atoms with Gasteiger partial charge in [0.15, 0.2) is 6.10 Å². The van der Waals surface area contributed by atoms with E-state index in [2.05, 4.69) is 15.9 Å². The van der Waals surface area contributed by atoms with Crippen molar-refractivity contribution in [1.82, 2.24) is 0 Å². The molecule has 5 heteroatoms. The van der Waals surface area contributed by atoms with E-state index in [-0.39, 0.29) is 6.61 Å². The van der Waals surface area contributed by atoms with Crippen molar-refractivity contribution in [3.05, 3.63) is 28.2 Å². The summed E-state index contributed by atoms with van der Waals surface area (Å²) in [6, 6.07) is 5.47. The summed E-state index contributed by atoms with van der Waals surface area (Å²) in [5.41, 5.74) is 0.890. The maximum atomic E-state index is 10.5. The quantitative estimate of drug-likeness (QED) is 0.904. The van der Waals surface area contributed by atoms with Crippen molar-refractivity contribution in [3.63, 3.8) is 0 Å². The average molecular weight is 289 g/mol. The molecule has 1 atom stereocenters. The molecule has 16 heavy (non-hydrogen) atoms. The van der Waals surface area contributed by atoms with Gasteiger partial charge in [-0.15, -0.1) is 0 Å². The number of halogens is 1. The highest BCUT2D eigenvalue weighted by molar-refractivity contribution is 9.10. The number of benzene rings is 1. The molecule has 1 N–H and O–H groups in total. The molecule has 0 aliphatic rings. The number of carboxylic acids is 1. The van der Waals surface area contributed by atoms with Crippen molar-refractivity contribution in [2.45, 2.75) is 19.6 Å². The molecule has 0 aliphatic heterocycles. The zero-order valence-corrected chi connectivity index (χ0v) is 10.7. The molecular weight excluding hydrogens is 276 g/mol. The summed E-state index contributed by atoms with van der Waals surface area (Å²) in [7, 11) is 1.59. The third kappa shape index (κ3) is 3.50. The van der Waals surface area contributed by atoms with E-state index < -0.39 is 12.1 Å². The van der Waals surface area contributed by atoms with Crippen LogP contribution in [0.4, 0.5) is 0 Å². The van der Waals surface area contributed by atoms with E-state index in [1.807, 2.05) is 12.1 Å². The van der Waals surface area contributed by atoms with E-state index in [1.54, 1.807) is 13.2 Å². The minimum Gasteiger partial charge on any atom is -0.496 e. The Balaban J connectivity index is 2.62. The second-order valence-electron chi connectivity index (χ2n) is 3.26. The topological polar surface area (TPSA) is 55.8 Å². The summed E-state index contributed by atoms with van der Waals surface area (Å²) in [5.74, 6) is -0.234. The lowest BCUT2D eigenvalue weighted by atomic mass is 10.2. The van der Waals surface area contributed by atoms with Gasteiger partial charge in [0, 0.05) is 0 Å². The highest BCUT2D eigenvalue weighted by Crippen LogP contribution is 2.25. The molecule has 0 saturated carbocycles. The smallest absolute Gasteiger partial charge is 0.332 e. The van der Waals surface area contributed by atoms with Crippen LogP contribution in [-0.2, 0) is 16.1 Å². The Kier molecular flexibility index (Phi) is 4.76. The minimum atomic E-state index is -0.965. The van der Waals surface area contributed by atoms with Gasteiger partial charge in [-0.1, -0.05) is 6.07 Å². The van der Waals surface area contributed by atoms with Crippen molar-refractivity contribution in [2.75, 3.05) is 7.11 Å². The summed E-state index contributed by atoms with van der Waals surface area (Å²) in [6.45, 7) is 1.76. The molecule has 0 fully saturated rings. The molecule has 0 aromatic heterocycles. The van der Waals surface area contributed by atoms with Gasteiger partial charge in [-0.25, -0.2) is 4.79 Å². The fourth-order valence-corrected chi connectivity index (χ4v) is 1.68. The Morgan fingerprint density at radius 3 is 2.75 bits per heavy atom. The molecule has 0 spiro atoms. The zero-order valence-electron chi connectivity index (χ0n) is 9.07. The lowest BCUT2D eigenvalue weighted by molar-refractivity contribution is -0.149. The Labute approximate surface area is 102 Å². The lowest BCUT2D eigenvalue weighted by Gasteiger charge is -2.09. The molecule has 4 nitrogen and oxygen atoms in total. The number of hydrogen-bond donors (Lipinski definition) is 1. The van der Waals surface area contributed by atoms with Gasteiger partial charge in [0.25, 0.3) is 0 Å². The average Bonchev–Trinajstić information content (AvgIpc) is 2.25. The molecule has 1 aromatic carbocycles. The van der Waals surface area contributed by atoms with Gasteiger partial charge in [-0.2, -0.15) is 0 Å². The first-order valence-corrected chi connectivity index (χ1v) is 5.50. The third-order valence-corrected chi connectivity index (χ3v) is 2.68. The zero-order chi connectivity index (χ0) is 12.1. The molecule has 0 radical (unpaired) electrons. The Hall–Kier alpha value is -1.07. The Morgan fingerprint density at radius 2 is 2.25 bits per heavy atom. The molecule has 0 amide bonds. The normalized spacial score (nSPS) is 12.2. The van der Waals surface area contributed by atoms with E-state index >= 15 is 0 Å². The molecule has 1 rings (SSSR count). The van der Waals surface area contributed by atoms with Gasteiger partial charge in [0.05, 0.1) is 18.2 Å². The van der Waals surface area contributed by atoms with Crippen molar-refractivity contribution in [3.8, 4) is 5.75 Å². The molecule has 0 saturated heterocycles. The fourth-order valence-electron chi connectivity index (χ4n) is 1.09. The largest absolute Gasteiger partial charge is 0.496 e. The van der Waals surface area contributed by atoms with Crippen molar-refractivity contribution >= 4 is 21.9 Å². The maximum absolute atomic E-state index is 10.5. The summed E-state index contributed by atoms with van der Waals surface area (Å²) in [6.07, 6.45) is -0.805. The van der Waals surface area contributed by atoms with Crippen LogP contribution < -0.4 is 4.74 Å². The van der Waals surface area contributed by atoms with Crippen molar-refractivity contribution in [1.29, 1.82) is 0 Å². The van der Waals surface area contributed by atoms with Crippen LogP contribution >= 0.6 is 15.9 Å². The number of methoxy groups -OCH3 is 1. The number of hydrogen-bond acceptors (Lipinski definition) is 3. The Bertz CT molecular complexity index is 378. The number of carbonyl (C=O) groups is 1. The van der Waals surface area contributed by atoms with Crippen LogP contribution in [0.25, 0.3) is 0 Å². The van der Waals surface area contributed by atoms with Crippen LogP contribution in [0.3, 0.4) is 0 Å². The SMILES string of the molecule is COc1ccc(COC(C)C(=O)O)cc1Br. The minimum absolute atomic E-state index is 0.260. The van der Waals surface area contributed by atoms with Crippen molar-refractivity contribution in [2.24, 2.45) is 0 Å². The molecule has 88 valence electrons. The third-order valence-electron chi connectivity index (χ3n) is 2.06. The number of carboxylic acid groups (broad SMARTS) is 1. The predicted octanol–water partition coefficient (Wildman–Crippen LogP) is 2.45. The predicted molar refractivity (Wildman–Crippen MR) is 62.6 cm³/mol. The standard InChI is InChI=1S/C11H13BrO4/c1-7(11(13)14)16-6-8-3-4-10(15-2)9(12)5-8/h3-5,7H,6H2,1-2H3,(H,13,14). The van der Waals surface area contributed by atoms with E-state index in [9.17, 15) is 4.79 Å². The van der Waals surface area contributed by atoms with Crippen LogP contribution in [0.1, 0.15) is 12.5 Å². The van der Waals surface area contributed by atoms with Gasteiger partial charge in [0.1, 0.15) is 5.75 Å². The van der Waals surface area contributed by atoms with E-state index in [0.717, 1.165) is 15.8 Å². The van der Waals surface area contributed by atoms with Crippen LogP contribution in [0.2, 0.25) is 0 Å². The first-order chi connectivity index (χ1) is 7.54. The second kappa shape index (κ2) is 5.86.